The van der Waals surface area contributed by atoms with Gasteiger partial charge < -0.3 is 20.2 Å². The third-order valence-electron chi connectivity index (χ3n) is 8.32. The Morgan fingerprint density at radius 2 is 1.84 bits per heavy atom. The number of pyridine rings is 2. The summed E-state index contributed by atoms with van der Waals surface area (Å²) in [6.07, 6.45) is -3.93. The molecule has 3 heterocycles. The number of carbonyl (C=O) groups excluding carboxylic acids is 1. The van der Waals surface area contributed by atoms with Gasteiger partial charge in [0.05, 0.1) is 17.6 Å². The molecule has 2 N–H and O–H groups in total. The van der Waals surface area contributed by atoms with Crippen LogP contribution in [0.4, 0.5) is 33.6 Å². The molecule has 13 heteroatoms. The van der Waals surface area contributed by atoms with E-state index in [2.05, 4.69) is 15.3 Å². The maximum Gasteiger partial charge on any atom is 0.416 e. The van der Waals surface area contributed by atoms with E-state index in [0.717, 1.165) is 12.1 Å². The number of amides is 1. The van der Waals surface area contributed by atoms with Crippen LogP contribution in [-0.2, 0) is 15.8 Å². The van der Waals surface area contributed by atoms with Crippen LogP contribution in [0, 0.1) is 24.2 Å². The van der Waals surface area contributed by atoms with Gasteiger partial charge in [-0.15, -0.1) is 0 Å². The average Bonchev–Trinajstić information content (AvgIpc) is 3.22. The predicted molar refractivity (Wildman–Crippen MR) is 151 cm³/mol. The molecule has 0 spiro atoms. The van der Waals surface area contributed by atoms with E-state index in [-0.39, 0.29) is 30.8 Å². The summed E-state index contributed by atoms with van der Waals surface area (Å²) in [5, 5.41) is 13.7. The largest absolute Gasteiger partial charge is 0.480 e. The van der Waals surface area contributed by atoms with Gasteiger partial charge in [-0.2, -0.15) is 13.2 Å². The quantitative estimate of drug-likeness (QED) is 0.377. The van der Waals surface area contributed by atoms with E-state index in [0.29, 0.717) is 11.4 Å². The third-order valence-corrected chi connectivity index (χ3v) is 8.32. The molecule has 8 nitrogen and oxygen atoms in total. The van der Waals surface area contributed by atoms with Crippen LogP contribution >= 0.6 is 0 Å². The van der Waals surface area contributed by atoms with Crippen molar-refractivity contribution >= 4 is 23.5 Å². The standard InChI is InChI=1S/C30H38F5N5O3/c1-16-13-18(30(33,34)35)14-20(37-16)38-22-21(28(2,3)4)24(27(42)43)40(26(41)17-9-7-11-29(31,32)15-17)23(22)19-10-8-12-36-25(19)39(5)6/h8,10,12-14,17,21-24H,7,9,11,15H2,1-6H3,(H,37,38)(H,42,43)/t17?,21-,22-,23-,24-/m0/s1. The number of rotatable bonds is 6. The van der Waals surface area contributed by atoms with Crippen LogP contribution in [0.15, 0.2) is 30.5 Å². The van der Waals surface area contributed by atoms with Crippen LogP contribution in [0.3, 0.4) is 0 Å². The number of aromatic nitrogens is 2. The number of carboxylic acid groups (broad SMARTS) is 1. The summed E-state index contributed by atoms with van der Waals surface area (Å²) in [5.74, 6) is -6.88. The van der Waals surface area contributed by atoms with Gasteiger partial charge in [0.2, 0.25) is 11.8 Å². The number of aliphatic carboxylic acids is 1. The Kier molecular flexibility index (Phi) is 8.69. The highest BCUT2D eigenvalue weighted by atomic mass is 19.4. The molecule has 2 fully saturated rings. The Morgan fingerprint density at radius 3 is 2.40 bits per heavy atom. The molecule has 0 radical (unpaired) electrons. The van der Waals surface area contributed by atoms with Gasteiger partial charge in [0.15, 0.2) is 0 Å². The zero-order valence-corrected chi connectivity index (χ0v) is 25.0. The molecule has 2 aliphatic rings. The molecular weight excluding hydrogens is 573 g/mol. The average molecular weight is 612 g/mol. The second kappa shape index (κ2) is 11.5. The first kappa shape index (κ1) is 32.4. The first-order valence-corrected chi connectivity index (χ1v) is 14.2. The van der Waals surface area contributed by atoms with E-state index in [9.17, 15) is 36.6 Å². The first-order valence-electron chi connectivity index (χ1n) is 14.2. The van der Waals surface area contributed by atoms with E-state index in [1.165, 1.54) is 18.0 Å². The molecule has 4 rings (SSSR count). The summed E-state index contributed by atoms with van der Waals surface area (Å²) in [6.45, 7) is 6.76. The molecular formula is C30H38F5N5O3. The lowest BCUT2D eigenvalue weighted by molar-refractivity contribution is -0.157. The van der Waals surface area contributed by atoms with Crippen LogP contribution in [0.5, 0.6) is 0 Å². The molecule has 2 aromatic rings. The molecule has 1 aliphatic heterocycles. The Hall–Kier alpha value is -3.51. The fraction of sp³-hybridized carbons (Fsp3) is 0.600. The van der Waals surface area contributed by atoms with Crippen molar-refractivity contribution in [2.75, 3.05) is 24.3 Å². The van der Waals surface area contributed by atoms with E-state index >= 15 is 0 Å². The minimum Gasteiger partial charge on any atom is -0.480 e. The molecule has 236 valence electrons. The molecule has 1 saturated carbocycles. The number of carboxylic acids is 1. The number of anilines is 2. The lowest BCUT2D eigenvalue weighted by Crippen LogP contribution is -2.50. The van der Waals surface area contributed by atoms with Gasteiger partial charge in [-0.25, -0.2) is 23.5 Å². The number of carbonyl (C=O) groups is 2. The number of halogens is 5. The summed E-state index contributed by atoms with van der Waals surface area (Å²) in [4.78, 5) is 38.9. The number of hydrogen-bond acceptors (Lipinski definition) is 6. The number of nitrogens with one attached hydrogen (secondary N) is 1. The lowest BCUT2D eigenvalue weighted by atomic mass is 9.72. The Bertz CT molecular complexity index is 1360. The first-order chi connectivity index (χ1) is 19.8. The molecule has 0 aromatic carbocycles. The number of likely N-dealkylation sites (tertiary alicyclic amines) is 1. The summed E-state index contributed by atoms with van der Waals surface area (Å²) in [6, 6.07) is 1.50. The smallest absolute Gasteiger partial charge is 0.416 e. The van der Waals surface area contributed by atoms with E-state index in [4.69, 9.17) is 0 Å². The SMILES string of the molecule is Cc1cc(C(F)(F)F)cc(N[C@H]2[C@H](C(C)(C)C)[C@@H](C(=O)O)N(C(=O)C3CCCC(F)(F)C3)[C@H]2c2cccnc2N(C)C)n1. The summed E-state index contributed by atoms with van der Waals surface area (Å²) < 4.78 is 70.3. The van der Waals surface area contributed by atoms with Gasteiger partial charge in [0.1, 0.15) is 17.7 Å². The van der Waals surface area contributed by atoms with E-state index in [1.54, 1.807) is 51.9 Å². The topological polar surface area (TPSA) is 98.7 Å². The molecule has 1 amide bonds. The molecule has 5 atom stereocenters. The van der Waals surface area contributed by atoms with Crippen molar-refractivity contribution in [3.8, 4) is 0 Å². The number of alkyl halides is 5. The fourth-order valence-electron chi connectivity index (χ4n) is 6.67. The van der Waals surface area contributed by atoms with Crippen molar-refractivity contribution in [1.82, 2.24) is 14.9 Å². The van der Waals surface area contributed by atoms with Crippen LogP contribution < -0.4 is 10.2 Å². The van der Waals surface area contributed by atoms with Crippen LogP contribution in [0.25, 0.3) is 0 Å². The summed E-state index contributed by atoms with van der Waals surface area (Å²) in [5.41, 5.74) is -1.24. The van der Waals surface area contributed by atoms with Crippen LogP contribution in [0.2, 0.25) is 0 Å². The van der Waals surface area contributed by atoms with Crippen LogP contribution in [-0.4, -0.2) is 64.0 Å². The van der Waals surface area contributed by atoms with Gasteiger partial charge in [0.25, 0.3) is 0 Å². The second-order valence-electron chi connectivity index (χ2n) is 12.9. The number of nitrogens with zero attached hydrogens (tertiary/aromatic N) is 4. The molecule has 1 aliphatic carbocycles. The molecule has 1 unspecified atom stereocenters. The Balaban J connectivity index is 1.96. The highest BCUT2D eigenvalue weighted by Crippen LogP contribution is 2.52. The monoisotopic (exact) mass is 611 g/mol. The second-order valence-corrected chi connectivity index (χ2v) is 12.9. The molecule has 43 heavy (non-hydrogen) atoms. The fourth-order valence-corrected chi connectivity index (χ4v) is 6.67. The van der Waals surface area contributed by atoms with Crippen molar-refractivity contribution in [1.29, 1.82) is 0 Å². The normalized spacial score (nSPS) is 25.8. The maximum absolute atomic E-state index is 14.5. The maximum atomic E-state index is 14.5. The Labute approximate surface area is 247 Å². The third kappa shape index (κ3) is 6.70. The van der Waals surface area contributed by atoms with Gasteiger partial charge in [0, 0.05) is 56.2 Å². The van der Waals surface area contributed by atoms with E-state index < -0.39 is 71.3 Å². The number of hydrogen-bond donors (Lipinski definition) is 2. The highest BCUT2D eigenvalue weighted by molar-refractivity contribution is 5.87. The minimum atomic E-state index is -4.66. The molecule has 0 bridgehead atoms. The van der Waals surface area contributed by atoms with Gasteiger partial charge >= 0.3 is 12.1 Å². The summed E-state index contributed by atoms with van der Waals surface area (Å²) in [7, 11) is 3.43. The van der Waals surface area contributed by atoms with Crippen molar-refractivity contribution < 1.29 is 36.6 Å². The summed E-state index contributed by atoms with van der Waals surface area (Å²) >= 11 is 0. The molecule has 2 aromatic heterocycles. The van der Waals surface area contributed by atoms with Gasteiger partial charge in [-0.3, -0.25) is 4.79 Å². The van der Waals surface area contributed by atoms with Crippen LogP contribution in [0.1, 0.15) is 69.3 Å². The minimum absolute atomic E-state index is 0.0849. The van der Waals surface area contributed by atoms with E-state index in [1.807, 2.05) is 0 Å². The lowest BCUT2D eigenvalue weighted by Gasteiger charge is -2.37. The zero-order valence-electron chi connectivity index (χ0n) is 25.0. The predicted octanol–water partition coefficient (Wildman–Crippen LogP) is 6.17. The van der Waals surface area contributed by atoms with Crippen molar-refractivity contribution in [2.45, 2.75) is 83.6 Å². The van der Waals surface area contributed by atoms with Gasteiger partial charge in [-0.1, -0.05) is 26.8 Å². The zero-order chi connectivity index (χ0) is 32.1. The Morgan fingerprint density at radius 1 is 1.16 bits per heavy atom. The van der Waals surface area contributed by atoms with Crippen molar-refractivity contribution in [2.24, 2.45) is 17.3 Å². The van der Waals surface area contributed by atoms with Gasteiger partial charge in [-0.05, 0) is 43.4 Å². The molecule has 1 saturated heterocycles. The highest BCUT2D eigenvalue weighted by Gasteiger charge is 2.60. The van der Waals surface area contributed by atoms with Crippen molar-refractivity contribution in [3.63, 3.8) is 0 Å². The van der Waals surface area contributed by atoms with Crippen molar-refractivity contribution in [3.05, 3.63) is 47.3 Å². The number of aryl methyl sites for hydroxylation is 1.